The molecule has 3 nitrogen and oxygen atoms in total. The van der Waals surface area contributed by atoms with E-state index in [9.17, 15) is 4.79 Å². The van der Waals surface area contributed by atoms with Crippen LogP contribution in [0.4, 0.5) is 4.79 Å². The van der Waals surface area contributed by atoms with Crippen molar-refractivity contribution in [1.82, 2.24) is 10.6 Å². The zero-order valence-electron chi connectivity index (χ0n) is 9.51. The molecule has 4 heteroatoms. The van der Waals surface area contributed by atoms with Crippen molar-refractivity contribution >= 4 is 17.8 Å². The first-order valence-corrected chi connectivity index (χ1v) is 6.56. The lowest BCUT2D eigenvalue weighted by Gasteiger charge is -2.08. The zero-order chi connectivity index (χ0) is 11.1. The van der Waals surface area contributed by atoms with E-state index in [0.717, 1.165) is 25.1 Å². The summed E-state index contributed by atoms with van der Waals surface area (Å²) in [6, 6.07) is -0.0629. The molecule has 1 aliphatic heterocycles. The van der Waals surface area contributed by atoms with E-state index in [1.165, 1.54) is 12.8 Å². The Morgan fingerprint density at radius 2 is 2.40 bits per heavy atom. The molecule has 0 aliphatic carbocycles. The predicted molar refractivity (Wildman–Crippen MR) is 65.8 cm³/mol. The van der Waals surface area contributed by atoms with Gasteiger partial charge in [-0.25, -0.2) is 4.79 Å². The Hall–Kier alpha value is -0.640. The molecule has 1 atom stereocenters. The fourth-order valence-corrected chi connectivity index (χ4v) is 2.28. The van der Waals surface area contributed by atoms with Gasteiger partial charge in [-0.15, -0.1) is 11.8 Å². The van der Waals surface area contributed by atoms with Gasteiger partial charge in [0.05, 0.1) is 0 Å². The molecule has 2 amide bonds. The van der Waals surface area contributed by atoms with Crippen molar-refractivity contribution in [2.24, 2.45) is 0 Å². The fourth-order valence-electron chi connectivity index (χ4n) is 1.45. The summed E-state index contributed by atoms with van der Waals surface area (Å²) in [5.41, 5.74) is 1.04. The Morgan fingerprint density at radius 3 is 3.00 bits per heavy atom. The minimum atomic E-state index is -0.0629. The zero-order valence-corrected chi connectivity index (χ0v) is 10.3. The Kier molecular flexibility index (Phi) is 5.61. The number of hydrogen-bond acceptors (Lipinski definition) is 2. The molecule has 2 N–H and O–H groups in total. The number of amides is 2. The highest BCUT2D eigenvalue weighted by atomic mass is 32.2. The summed E-state index contributed by atoms with van der Waals surface area (Å²) in [7, 11) is 0. The Bertz CT molecular complexity index is 241. The highest BCUT2D eigenvalue weighted by Gasteiger charge is 2.14. The maximum Gasteiger partial charge on any atom is 0.318 e. The SMILES string of the molecule is CCCCCNC(=O)NC1=CSC(C)C1. The van der Waals surface area contributed by atoms with Gasteiger partial charge in [0.1, 0.15) is 0 Å². The Morgan fingerprint density at radius 1 is 1.60 bits per heavy atom. The number of nitrogens with one attached hydrogen (secondary N) is 2. The summed E-state index contributed by atoms with van der Waals surface area (Å²) in [4.78, 5) is 11.4. The number of hydrogen-bond donors (Lipinski definition) is 2. The summed E-state index contributed by atoms with van der Waals surface area (Å²) < 4.78 is 0. The largest absolute Gasteiger partial charge is 0.338 e. The van der Waals surface area contributed by atoms with Crippen LogP contribution in [0.2, 0.25) is 0 Å². The number of unbranched alkanes of at least 4 members (excludes halogenated alkanes) is 2. The first kappa shape index (κ1) is 12.4. The number of urea groups is 1. The Balaban J connectivity index is 2.08. The van der Waals surface area contributed by atoms with Crippen LogP contribution in [0.5, 0.6) is 0 Å². The van der Waals surface area contributed by atoms with Crippen LogP contribution in [0.25, 0.3) is 0 Å². The number of allylic oxidation sites excluding steroid dienone is 1. The van der Waals surface area contributed by atoms with E-state index in [-0.39, 0.29) is 6.03 Å². The van der Waals surface area contributed by atoms with Crippen molar-refractivity contribution in [3.8, 4) is 0 Å². The highest BCUT2D eigenvalue weighted by Crippen LogP contribution is 2.27. The average molecular weight is 228 g/mol. The molecular weight excluding hydrogens is 208 g/mol. The molecule has 1 unspecified atom stereocenters. The van der Waals surface area contributed by atoms with Gasteiger partial charge in [-0.1, -0.05) is 26.7 Å². The molecule has 15 heavy (non-hydrogen) atoms. The molecule has 0 fully saturated rings. The summed E-state index contributed by atoms with van der Waals surface area (Å²) >= 11 is 1.77. The molecule has 1 aliphatic rings. The Labute approximate surface area is 96.1 Å². The molecule has 1 heterocycles. The first-order valence-electron chi connectivity index (χ1n) is 5.61. The molecule has 0 radical (unpaired) electrons. The lowest BCUT2D eigenvalue weighted by molar-refractivity contribution is 0.243. The smallest absolute Gasteiger partial charge is 0.318 e. The van der Waals surface area contributed by atoms with Crippen LogP contribution in [0.15, 0.2) is 11.1 Å². The topological polar surface area (TPSA) is 41.1 Å². The molecular formula is C11H20N2OS. The van der Waals surface area contributed by atoms with Gasteiger partial charge in [0.2, 0.25) is 0 Å². The molecule has 0 spiro atoms. The fraction of sp³-hybridized carbons (Fsp3) is 0.727. The predicted octanol–water partition coefficient (Wildman–Crippen LogP) is 2.84. The summed E-state index contributed by atoms with van der Waals surface area (Å²) in [6.45, 7) is 5.09. The van der Waals surface area contributed by atoms with E-state index < -0.39 is 0 Å². The standard InChI is InChI=1S/C11H20N2OS/c1-3-4-5-6-12-11(14)13-10-7-9(2)15-8-10/h8-9H,3-7H2,1-2H3,(H2,12,13,14). The summed E-state index contributed by atoms with van der Waals surface area (Å²) in [5.74, 6) is 0. The van der Waals surface area contributed by atoms with Gasteiger partial charge in [-0.3, -0.25) is 0 Å². The molecule has 0 aromatic carbocycles. The van der Waals surface area contributed by atoms with Crippen LogP contribution in [0.3, 0.4) is 0 Å². The van der Waals surface area contributed by atoms with Crippen molar-refractivity contribution in [2.45, 2.75) is 44.8 Å². The van der Waals surface area contributed by atoms with Crippen LogP contribution in [-0.4, -0.2) is 17.8 Å². The minimum absolute atomic E-state index is 0.0629. The third kappa shape index (κ3) is 5.11. The van der Waals surface area contributed by atoms with Crippen molar-refractivity contribution in [1.29, 1.82) is 0 Å². The molecule has 0 bridgehead atoms. The molecule has 0 aromatic rings. The lowest BCUT2D eigenvalue weighted by atomic mass is 10.2. The van der Waals surface area contributed by atoms with E-state index in [1.54, 1.807) is 11.8 Å². The van der Waals surface area contributed by atoms with Crippen LogP contribution >= 0.6 is 11.8 Å². The molecule has 0 aromatic heterocycles. The van der Waals surface area contributed by atoms with Gasteiger partial charge in [0, 0.05) is 23.9 Å². The van der Waals surface area contributed by atoms with Crippen LogP contribution < -0.4 is 10.6 Å². The molecule has 86 valence electrons. The average Bonchev–Trinajstić information content (AvgIpc) is 2.59. The first-order chi connectivity index (χ1) is 7.22. The maximum atomic E-state index is 11.4. The van der Waals surface area contributed by atoms with E-state index >= 15 is 0 Å². The van der Waals surface area contributed by atoms with Gasteiger partial charge in [-0.2, -0.15) is 0 Å². The van der Waals surface area contributed by atoms with E-state index in [1.807, 2.05) is 5.41 Å². The quantitative estimate of drug-likeness (QED) is 0.710. The van der Waals surface area contributed by atoms with E-state index in [0.29, 0.717) is 5.25 Å². The van der Waals surface area contributed by atoms with Crippen molar-refractivity contribution < 1.29 is 4.79 Å². The van der Waals surface area contributed by atoms with Crippen molar-refractivity contribution in [3.63, 3.8) is 0 Å². The van der Waals surface area contributed by atoms with Crippen LogP contribution in [-0.2, 0) is 0 Å². The second kappa shape index (κ2) is 6.77. The number of thioether (sulfide) groups is 1. The summed E-state index contributed by atoms with van der Waals surface area (Å²) in [5, 5.41) is 8.37. The van der Waals surface area contributed by atoms with E-state index in [2.05, 4.69) is 24.5 Å². The second-order valence-electron chi connectivity index (χ2n) is 3.88. The van der Waals surface area contributed by atoms with Crippen LogP contribution in [0, 0.1) is 0 Å². The van der Waals surface area contributed by atoms with Gasteiger partial charge in [0.25, 0.3) is 0 Å². The minimum Gasteiger partial charge on any atom is -0.338 e. The van der Waals surface area contributed by atoms with Gasteiger partial charge in [0.15, 0.2) is 0 Å². The van der Waals surface area contributed by atoms with Gasteiger partial charge >= 0.3 is 6.03 Å². The third-order valence-electron chi connectivity index (χ3n) is 2.29. The van der Waals surface area contributed by atoms with Gasteiger partial charge < -0.3 is 10.6 Å². The highest BCUT2D eigenvalue weighted by molar-refractivity contribution is 8.03. The molecule has 0 saturated heterocycles. The second-order valence-corrected chi connectivity index (χ2v) is 5.19. The number of rotatable bonds is 5. The van der Waals surface area contributed by atoms with Crippen LogP contribution in [0.1, 0.15) is 39.5 Å². The van der Waals surface area contributed by atoms with Crippen molar-refractivity contribution in [3.05, 3.63) is 11.1 Å². The van der Waals surface area contributed by atoms with E-state index in [4.69, 9.17) is 0 Å². The van der Waals surface area contributed by atoms with Gasteiger partial charge in [-0.05, 0) is 11.8 Å². The normalized spacial score (nSPS) is 19.9. The number of carbonyl (C=O) groups is 1. The molecule has 0 saturated carbocycles. The maximum absolute atomic E-state index is 11.4. The third-order valence-corrected chi connectivity index (χ3v) is 3.34. The monoisotopic (exact) mass is 228 g/mol. The molecule has 1 rings (SSSR count). The van der Waals surface area contributed by atoms with Crippen molar-refractivity contribution in [2.75, 3.05) is 6.54 Å². The number of carbonyl (C=O) groups excluding carboxylic acids is 1. The lowest BCUT2D eigenvalue weighted by Crippen LogP contribution is -2.35. The summed E-state index contributed by atoms with van der Waals surface area (Å²) in [6.07, 6.45) is 4.39.